The van der Waals surface area contributed by atoms with Gasteiger partial charge in [-0.15, -0.1) is 0 Å². The van der Waals surface area contributed by atoms with Crippen molar-refractivity contribution in [2.75, 3.05) is 26.6 Å². The number of aliphatic hydroxyl groups is 1. The topological polar surface area (TPSA) is 93.8 Å². The number of amides is 1. The van der Waals surface area contributed by atoms with Gasteiger partial charge in [0.25, 0.3) is 5.91 Å². The van der Waals surface area contributed by atoms with E-state index in [1.807, 2.05) is 13.8 Å². The molecule has 0 bridgehead atoms. The second kappa shape index (κ2) is 7.00. The van der Waals surface area contributed by atoms with Gasteiger partial charge in [0, 0.05) is 24.4 Å². The molecule has 0 aliphatic heterocycles. The Bertz CT molecular complexity index is 476. The first-order valence-electron chi connectivity index (χ1n) is 6.37. The van der Waals surface area contributed by atoms with E-state index in [4.69, 9.17) is 20.3 Å². The standard InChI is InChI=1S/C14H22N2O4/c1-8(7-17)9(2)16-14(18)10-5-12(19-3)13(20-4)6-11(10)15/h5-6,8-9,17H,7,15H2,1-4H3,(H,16,18). The quantitative estimate of drug-likeness (QED) is 0.678. The molecule has 0 radical (unpaired) electrons. The Labute approximate surface area is 118 Å². The molecule has 20 heavy (non-hydrogen) atoms. The largest absolute Gasteiger partial charge is 0.493 e. The third kappa shape index (κ3) is 3.54. The molecule has 0 aliphatic rings. The van der Waals surface area contributed by atoms with Crippen LogP contribution in [0.4, 0.5) is 5.69 Å². The number of methoxy groups -OCH3 is 2. The van der Waals surface area contributed by atoms with Crippen molar-refractivity contribution in [3.63, 3.8) is 0 Å². The zero-order valence-electron chi connectivity index (χ0n) is 12.3. The Balaban J connectivity index is 2.98. The Morgan fingerprint density at radius 2 is 1.85 bits per heavy atom. The maximum absolute atomic E-state index is 12.2. The molecule has 1 aromatic carbocycles. The van der Waals surface area contributed by atoms with Gasteiger partial charge in [-0.2, -0.15) is 0 Å². The molecule has 1 rings (SSSR count). The predicted octanol–water partition coefficient (Wildman–Crippen LogP) is 1.03. The number of aliphatic hydroxyl groups excluding tert-OH is 1. The minimum absolute atomic E-state index is 0.00284. The molecule has 6 nitrogen and oxygen atoms in total. The lowest BCUT2D eigenvalue weighted by atomic mass is 10.0. The summed E-state index contributed by atoms with van der Waals surface area (Å²) in [6.07, 6.45) is 0. The molecule has 0 fully saturated rings. The first-order valence-corrected chi connectivity index (χ1v) is 6.37. The molecule has 1 amide bonds. The van der Waals surface area contributed by atoms with E-state index in [0.717, 1.165) is 0 Å². The summed E-state index contributed by atoms with van der Waals surface area (Å²) < 4.78 is 10.3. The Hall–Kier alpha value is -1.95. The van der Waals surface area contributed by atoms with Crippen molar-refractivity contribution < 1.29 is 19.4 Å². The van der Waals surface area contributed by atoms with Crippen LogP contribution in [0.25, 0.3) is 0 Å². The number of ether oxygens (including phenoxy) is 2. The van der Waals surface area contributed by atoms with E-state index in [-0.39, 0.29) is 24.5 Å². The molecular weight excluding hydrogens is 260 g/mol. The SMILES string of the molecule is COc1cc(N)c(C(=O)NC(C)C(C)CO)cc1OC. The van der Waals surface area contributed by atoms with Crippen LogP contribution in [-0.2, 0) is 0 Å². The first kappa shape index (κ1) is 16.1. The number of nitrogens with two attached hydrogens (primary N) is 1. The van der Waals surface area contributed by atoms with E-state index in [9.17, 15) is 4.79 Å². The Kier molecular flexibility index (Phi) is 5.64. The zero-order chi connectivity index (χ0) is 15.3. The maximum Gasteiger partial charge on any atom is 0.253 e. The van der Waals surface area contributed by atoms with Gasteiger partial charge >= 0.3 is 0 Å². The second-order valence-electron chi connectivity index (χ2n) is 4.72. The van der Waals surface area contributed by atoms with Crippen molar-refractivity contribution in [1.82, 2.24) is 5.32 Å². The van der Waals surface area contributed by atoms with Crippen LogP contribution in [0.2, 0.25) is 0 Å². The molecule has 2 atom stereocenters. The molecule has 0 spiro atoms. The summed E-state index contributed by atoms with van der Waals surface area (Å²) in [5.74, 6) is 0.560. The van der Waals surface area contributed by atoms with Crippen LogP contribution < -0.4 is 20.5 Å². The van der Waals surface area contributed by atoms with Gasteiger partial charge in [-0.1, -0.05) is 6.92 Å². The van der Waals surface area contributed by atoms with Crippen molar-refractivity contribution in [3.05, 3.63) is 17.7 Å². The van der Waals surface area contributed by atoms with Crippen LogP contribution in [0.3, 0.4) is 0 Å². The summed E-state index contributed by atoms with van der Waals surface area (Å²) in [5.41, 5.74) is 6.49. The van der Waals surface area contributed by atoms with Crippen molar-refractivity contribution in [1.29, 1.82) is 0 Å². The molecular formula is C14H22N2O4. The normalized spacial score (nSPS) is 13.4. The molecule has 2 unspecified atom stereocenters. The smallest absolute Gasteiger partial charge is 0.253 e. The highest BCUT2D eigenvalue weighted by atomic mass is 16.5. The van der Waals surface area contributed by atoms with E-state index in [0.29, 0.717) is 22.7 Å². The van der Waals surface area contributed by atoms with Gasteiger partial charge in [0.1, 0.15) is 0 Å². The summed E-state index contributed by atoms with van der Waals surface area (Å²) in [6.45, 7) is 3.68. The molecule has 0 aliphatic carbocycles. The molecule has 0 aromatic heterocycles. The third-order valence-electron chi connectivity index (χ3n) is 3.30. The van der Waals surface area contributed by atoms with Gasteiger partial charge in [-0.25, -0.2) is 0 Å². The Morgan fingerprint density at radius 1 is 1.30 bits per heavy atom. The highest BCUT2D eigenvalue weighted by Crippen LogP contribution is 2.31. The van der Waals surface area contributed by atoms with Gasteiger partial charge < -0.3 is 25.6 Å². The minimum Gasteiger partial charge on any atom is -0.493 e. The lowest BCUT2D eigenvalue weighted by Crippen LogP contribution is -2.38. The van der Waals surface area contributed by atoms with Crippen molar-refractivity contribution in [3.8, 4) is 11.5 Å². The van der Waals surface area contributed by atoms with E-state index in [1.54, 1.807) is 12.1 Å². The fourth-order valence-corrected chi connectivity index (χ4v) is 1.68. The number of carbonyl (C=O) groups is 1. The fourth-order valence-electron chi connectivity index (χ4n) is 1.68. The van der Waals surface area contributed by atoms with Gasteiger partial charge in [0.05, 0.1) is 19.8 Å². The highest BCUT2D eigenvalue weighted by molar-refractivity contribution is 6.00. The maximum atomic E-state index is 12.2. The summed E-state index contributed by atoms with van der Waals surface area (Å²) in [5, 5.41) is 11.9. The van der Waals surface area contributed by atoms with Crippen LogP contribution in [0.5, 0.6) is 11.5 Å². The molecule has 0 heterocycles. The number of nitrogen functional groups attached to an aromatic ring is 1. The number of anilines is 1. The van der Waals surface area contributed by atoms with Gasteiger partial charge in [-0.3, -0.25) is 4.79 Å². The number of nitrogens with one attached hydrogen (secondary N) is 1. The van der Waals surface area contributed by atoms with Crippen molar-refractivity contribution in [2.45, 2.75) is 19.9 Å². The molecule has 1 aromatic rings. The number of benzene rings is 1. The Morgan fingerprint density at radius 3 is 2.35 bits per heavy atom. The van der Waals surface area contributed by atoms with Crippen LogP contribution in [-0.4, -0.2) is 37.9 Å². The summed E-state index contributed by atoms with van der Waals surface area (Å²) in [4.78, 5) is 12.2. The van der Waals surface area contributed by atoms with Crippen LogP contribution in [0.1, 0.15) is 24.2 Å². The lowest BCUT2D eigenvalue weighted by molar-refractivity contribution is 0.0917. The van der Waals surface area contributed by atoms with E-state index >= 15 is 0 Å². The zero-order valence-corrected chi connectivity index (χ0v) is 12.3. The summed E-state index contributed by atoms with van der Waals surface area (Å²) in [7, 11) is 2.99. The monoisotopic (exact) mass is 282 g/mol. The second-order valence-corrected chi connectivity index (χ2v) is 4.72. The molecule has 0 saturated carbocycles. The lowest BCUT2D eigenvalue weighted by Gasteiger charge is -2.20. The summed E-state index contributed by atoms with van der Waals surface area (Å²) >= 11 is 0. The molecule has 4 N–H and O–H groups in total. The van der Waals surface area contributed by atoms with E-state index in [2.05, 4.69) is 5.32 Å². The highest BCUT2D eigenvalue weighted by Gasteiger charge is 2.19. The van der Waals surface area contributed by atoms with E-state index in [1.165, 1.54) is 14.2 Å². The fraction of sp³-hybridized carbons (Fsp3) is 0.500. The molecule has 0 saturated heterocycles. The first-order chi connectivity index (χ1) is 9.44. The van der Waals surface area contributed by atoms with Crippen LogP contribution in [0, 0.1) is 5.92 Å². The van der Waals surface area contributed by atoms with E-state index < -0.39 is 0 Å². The number of rotatable bonds is 6. The van der Waals surface area contributed by atoms with Gasteiger partial charge in [0.2, 0.25) is 0 Å². The summed E-state index contributed by atoms with van der Waals surface area (Å²) in [6, 6.07) is 2.92. The van der Waals surface area contributed by atoms with Gasteiger partial charge in [0.15, 0.2) is 11.5 Å². The average Bonchev–Trinajstić information content (AvgIpc) is 2.45. The number of hydrogen-bond acceptors (Lipinski definition) is 5. The van der Waals surface area contributed by atoms with Crippen LogP contribution >= 0.6 is 0 Å². The molecule has 6 heteroatoms. The third-order valence-corrected chi connectivity index (χ3v) is 3.30. The number of hydrogen-bond donors (Lipinski definition) is 3. The predicted molar refractivity (Wildman–Crippen MR) is 77.1 cm³/mol. The van der Waals surface area contributed by atoms with Crippen molar-refractivity contribution in [2.24, 2.45) is 5.92 Å². The minimum atomic E-state index is -0.309. The van der Waals surface area contributed by atoms with Crippen LogP contribution in [0.15, 0.2) is 12.1 Å². The molecule has 112 valence electrons. The number of carbonyl (C=O) groups excluding carboxylic acids is 1. The van der Waals surface area contributed by atoms with Crippen molar-refractivity contribution >= 4 is 11.6 Å². The average molecular weight is 282 g/mol. The van der Waals surface area contributed by atoms with Gasteiger partial charge in [-0.05, 0) is 18.9 Å².